The Labute approximate surface area is 175 Å². The van der Waals surface area contributed by atoms with Crippen LogP contribution in [0.3, 0.4) is 0 Å². The van der Waals surface area contributed by atoms with Crippen molar-refractivity contribution in [3.63, 3.8) is 0 Å². The van der Waals surface area contributed by atoms with Crippen molar-refractivity contribution in [1.82, 2.24) is 9.80 Å². The van der Waals surface area contributed by atoms with E-state index in [-0.39, 0.29) is 28.0 Å². The van der Waals surface area contributed by atoms with Crippen molar-refractivity contribution in [3.8, 4) is 0 Å². The van der Waals surface area contributed by atoms with Gasteiger partial charge in [-0.2, -0.15) is 0 Å². The molecular weight excluding hydrogens is 391 g/mol. The molecule has 0 N–H and O–H groups in total. The van der Waals surface area contributed by atoms with Crippen molar-refractivity contribution in [2.24, 2.45) is 11.8 Å². The zero-order valence-corrected chi connectivity index (χ0v) is 17.9. The topological polar surface area (TPSA) is 57.7 Å². The molecule has 1 heterocycles. The van der Waals surface area contributed by atoms with Crippen molar-refractivity contribution in [2.45, 2.75) is 37.5 Å². The number of benzene rings is 1. The van der Waals surface area contributed by atoms with E-state index >= 15 is 0 Å². The van der Waals surface area contributed by atoms with Crippen molar-refractivity contribution >= 4 is 28.6 Å². The molecule has 2 fully saturated rings. The van der Waals surface area contributed by atoms with Gasteiger partial charge in [-0.15, -0.1) is 0 Å². The van der Waals surface area contributed by atoms with Crippen molar-refractivity contribution in [2.75, 3.05) is 20.6 Å². The highest BCUT2D eigenvalue weighted by Gasteiger charge is 2.46. The molecule has 3 rings (SSSR count). The van der Waals surface area contributed by atoms with E-state index < -0.39 is 17.8 Å². The van der Waals surface area contributed by atoms with Crippen LogP contribution < -0.4 is 0 Å². The monoisotopic (exact) mass is 418 g/mol. The van der Waals surface area contributed by atoms with Crippen LogP contribution in [0.15, 0.2) is 36.5 Å². The molecule has 29 heavy (non-hydrogen) atoms. The van der Waals surface area contributed by atoms with Crippen LogP contribution in [0.1, 0.15) is 37.8 Å². The van der Waals surface area contributed by atoms with Gasteiger partial charge in [0.05, 0.1) is 5.92 Å². The number of thioether (sulfide) groups is 1. The maximum absolute atomic E-state index is 14.7. The van der Waals surface area contributed by atoms with Crippen LogP contribution in [0.4, 0.5) is 4.39 Å². The van der Waals surface area contributed by atoms with Gasteiger partial charge in [-0.3, -0.25) is 14.4 Å². The molecule has 3 atom stereocenters. The average molecular weight is 419 g/mol. The summed E-state index contributed by atoms with van der Waals surface area (Å²) in [4.78, 5) is 41.1. The first kappa shape index (κ1) is 21.6. The minimum absolute atomic E-state index is 0.0232. The first-order valence-electron chi connectivity index (χ1n) is 9.84. The molecule has 1 aliphatic carbocycles. The van der Waals surface area contributed by atoms with E-state index in [1.165, 1.54) is 17.9 Å². The van der Waals surface area contributed by atoms with Gasteiger partial charge in [-0.25, -0.2) is 4.39 Å². The number of Topliss-reactive ketones (excluding diaryl/α,β-unsaturated/α-hetero) is 1. The van der Waals surface area contributed by atoms with Crippen LogP contribution in [-0.2, 0) is 14.4 Å². The first-order valence-corrected chi connectivity index (χ1v) is 10.7. The van der Waals surface area contributed by atoms with Gasteiger partial charge in [0.15, 0.2) is 10.9 Å². The molecule has 0 radical (unpaired) electrons. The zero-order valence-electron chi connectivity index (χ0n) is 17.1. The summed E-state index contributed by atoms with van der Waals surface area (Å²) in [5, 5.41) is -0.309. The summed E-state index contributed by atoms with van der Waals surface area (Å²) in [6.07, 6.45) is 2.16. The van der Waals surface area contributed by atoms with E-state index in [0.29, 0.717) is 24.2 Å². The molecule has 1 aromatic carbocycles. The lowest BCUT2D eigenvalue weighted by Gasteiger charge is -2.44. The van der Waals surface area contributed by atoms with E-state index in [4.69, 9.17) is 0 Å². The summed E-state index contributed by atoms with van der Waals surface area (Å²) in [7, 11) is 3.32. The number of rotatable bonds is 6. The number of piperidine rings is 1. The van der Waals surface area contributed by atoms with Crippen LogP contribution in [0.5, 0.6) is 0 Å². The van der Waals surface area contributed by atoms with Crippen LogP contribution in [0, 0.1) is 17.7 Å². The quantitative estimate of drug-likeness (QED) is 0.709. The Morgan fingerprint density at radius 1 is 1.21 bits per heavy atom. The summed E-state index contributed by atoms with van der Waals surface area (Å²) in [5.41, 5.74) is 0.801. The SMILES string of the molecule is C=C1C(C(=O)N(C)C)C(SC(C)=O)CCN1C(C(=O)C1CC1)c1ccccc1F. The molecule has 1 saturated carbocycles. The van der Waals surface area contributed by atoms with E-state index in [1.54, 1.807) is 37.2 Å². The number of hydrogen-bond acceptors (Lipinski definition) is 5. The van der Waals surface area contributed by atoms with E-state index in [2.05, 4.69) is 6.58 Å². The van der Waals surface area contributed by atoms with Gasteiger partial charge >= 0.3 is 0 Å². The van der Waals surface area contributed by atoms with Gasteiger partial charge in [-0.05, 0) is 25.3 Å². The second-order valence-electron chi connectivity index (χ2n) is 7.93. The van der Waals surface area contributed by atoms with E-state index in [0.717, 1.165) is 24.6 Å². The Morgan fingerprint density at radius 2 is 1.86 bits per heavy atom. The van der Waals surface area contributed by atoms with Crippen molar-refractivity contribution in [3.05, 3.63) is 47.9 Å². The Balaban J connectivity index is 1.99. The largest absolute Gasteiger partial charge is 0.361 e. The number of carbonyl (C=O) groups is 3. The lowest BCUT2D eigenvalue weighted by Crippen LogP contribution is -2.49. The van der Waals surface area contributed by atoms with Gasteiger partial charge in [0.1, 0.15) is 11.9 Å². The molecule has 1 aromatic rings. The molecule has 0 spiro atoms. The highest BCUT2D eigenvalue weighted by Crippen LogP contribution is 2.44. The fourth-order valence-corrected chi connectivity index (χ4v) is 5.01. The normalized spacial score (nSPS) is 22.9. The highest BCUT2D eigenvalue weighted by molar-refractivity contribution is 8.14. The number of likely N-dealkylation sites (tertiary alicyclic amines) is 1. The van der Waals surface area contributed by atoms with E-state index in [1.807, 2.05) is 0 Å². The molecule has 0 bridgehead atoms. The fourth-order valence-electron chi connectivity index (χ4n) is 3.95. The summed E-state index contributed by atoms with van der Waals surface area (Å²) >= 11 is 1.14. The van der Waals surface area contributed by atoms with Gasteiger partial charge < -0.3 is 9.80 Å². The molecule has 7 heteroatoms. The molecule has 156 valence electrons. The molecule has 5 nitrogen and oxygen atoms in total. The number of ketones is 1. The minimum atomic E-state index is -0.794. The maximum Gasteiger partial charge on any atom is 0.232 e. The third-order valence-electron chi connectivity index (χ3n) is 5.54. The van der Waals surface area contributed by atoms with E-state index in [9.17, 15) is 18.8 Å². The Kier molecular flexibility index (Phi) is 6.46. The highest BCUT2D eigenvalue weighted by atomic mass is 32.2. The maximum atomic E-state index is 14.7. The Bertz CT molecular complexity index is 837. The Morgan fingerprint density at radius 3 is 2.41 bits per heavy atom. The number of amides is 1. The lowest BCUT2D eigenvalue weighted by atomic mass is 9.88. The summed E-state index contributed by atoms with van der Waals surface area (Å²) < 4.78 is 14.7. The van der Waals surface area contributed by atoms with Gasteiger partial charge in [0.25, 0.3) is 0 Å². The second kappa shape index (κ2) is 8.69. The predicted octanol–water partition coefficient (Wildman–Crippen LogP) is 3.42. The molecule has 1 amide bonds. The number of carbonyl (C=O) groups excluding carboxylic acids is 3. The number of halogens is 1. The Hall–Kier alpha value is -2.15. The van der Waals surface area contributed by atoms with Crippen molar-refractivity contribution in [1.29, 1.82) is 0 Å². The molecule has 0 aromatic heterocycles. The molecule has 1 aliphatic heterocycles. The van der Waals surface area contributed by atoms with Gasteiger partial charge in [0, 0.05) is 50.0 Å². The van der Waals surface area contributed by atoms with Crippen LogP contribution in [0.2, 0.25) is 0 Å². The third kappa shape index (κ3) is 4.55. The van der Waals surface area contributed by atoms with Gasteiger partial charge in [0.2, 0.25) is 5.91 Å². The zero-order chi connectivity index (χ0) is 21.3. The number of hydrogen-bond donors (Lipinski definition) is 0. The smallest absolute Gasteiger partial charge is 0.232 e. The summed E-state index contributed by atoms with van der Waals surface area (Å²) in [6, 6.07) is 5.51. The van der Waals surface area contributed by atoms with Crippen LogP contribution >= 0.6 is 11.8 Å². The van der Waals surface area contributed by atoms with Crippen LogP contribution in [-0.4, -0.2) is 52.5 Å². The third-order valence-corrected chi connectivity index (χ3v) is 6.68. The molecule has 2 aliphatic rings. The molecular formula is C22H27FN2O3S. The fraction of sp³-hybridized carbons (Fsp3) is 0.500. The van der Waals surface area contributed by atoms with Crippen molar-refractivity contribution < 1.29 is 18.8 Å². The molecule has 1 saturated heterocycles. The second-order valence-corrected chi connectivity index (χ2v) is 9.35. The summed E-state index contributed by atoms with van der Waals surface area (Å²) in [5.74, 6) is -1.32. The van der Waals surface area contributed by atoms with Gasteiger partial charge in [-0.1, -0.05) is 36.5 Å². The number of nitrogens with zero attached hydrogens (tertiary/aromatic N) is 2. The van der Waals surface area contributed by atoms with Crippen LogP contribution in [0.25, 0.3) is 0 Å². The average Bonchev–Trinajstić information content (AvgIpc) is 3.49. The lowest BCUT2D eigenvalue weighted by molar-refractivity contribution is -0.134. The summed E-state index contributed by atoms with van der Waals surface area (Å²) in [6.45, 7) is 6.08. The standard InChI is InChI=1S/C22H27FN2O3S/c1-13-19(22(28)24(3)4)18(29-14(2)26)11-12-25(13)20(21(27)15-9-10-15)16-7-5-6-8-17(16)23/h5-8,15,18-20H,1,9-12H2,2-4H3. The minimum Gasteiger partial charge on any atom is -0.361 e. The first-order chi connectivity index (χ1) is 13.7. The molecule has 3 unspecified atom stereocenters. The predicted molar refractivity (Wildman–Crippen MR) is 112 cm³/mol.